The minimum atomic E-state index is -5.71. The highest BCUT2D eigenvalue weighted by molar-refractivity contribution is 7.52. The maximum absolute atomic E-state index is 14.0. The first-order valence-electron chi connectivity index (χ1n) is 12.3. The molecule has 0 saturated heterocycles. The lowest BCUT2D eigenvalue weighted by Gasteiger charge is -2.18. The van der Waals surface area contributed by atoms with Crippen molar-refractivity contribution in [3.63, 3.8) is 0 Å². The molecule has 0 unspecified atom stereocenters. The fraction of sp³-hybridized carbons (Fsp3) is 0.321. The average Bonchev–Trinajstić information content (AvgIpc) is 2.88. The van der Waals surface area contributed by atoms with Crippen molar-refractivity contribution in [2.45, 2.75) is 51.1 Å². The van der Waals surface area contributed by atoms with E-state index in [9.17, 15) is 18.1 Å². The number of alkyl halides is 2. The number of hydrogen-bond acceptors (Lipinski definition) is 3. The monoisotopic (exact) mass is 531 g/mol. The van der Waals surface area contributed by atoms with Gasteiger partial charge in [-0.05, 0) is 53.9 Å². The van der Waals surface area contributed by atoms with Gasteiger partial charge in [0.2, 0.25) is 0 Å². The second kappa shape index (κ2) is 13.0. The smallest absolute Gasteiger partial charge is 0.399 e. The maximum Gasteiger partial charge on any atom is 0.399 e. The van der Waals surface area contributed by atoms with Gasteiger partial charge < -0.3 is 19.8 Å². The van der Waals surface area contributed by atoms with Crippen LogP contribution in [0.1, 0.15) is 61.4 Å². The molecule has 9 heteroatoms. The standard InChI is InChI=1S/C28H32F2NO5P/c1-2-3-4-5-6-7-19-36-26-17-15-22(16-18-26)21-11-13-23(14-12-21)27(32)31-25-10-8-9-24(20-25)28(29,30)37(33,34)35/h8-18,20H,2-7,19H2,1H3,(H,31,32)(H2,33,34,35). The maximum atomic E-state index is 14.0. The summed E-state index contributed by atoms with van der Waals surface area (Å²) < 4.78 is 44.9. The number of hydrogen-bond donors (Lipinski definition) is 3. The number of carbonyl (C=O) groups is 1. The highest BCUT2D eigenvalue weighted by Crippen LogP contribution is 2.59. The van der Waals surface area contributed by atoms with E-state index >= 15 is 0 Å². The number of nitrogens with one attached hydrogen (secondary N) is 1. The van der Waals surface area contributed by atoms with Gasteiger partial charge in [0.05, 0.1) is 6.61 Å². The number of carbonyl (C=O) groups excluding carboxylic acids is 1. The van der Waals surface area contributed by atoms with Gasteiger partial charge in [0.1, 0.15) is 5.75 Å². The summed E-state index contributed by atoms with van der Waals surface area (Å²) in [6.07, 6.45) is 7.24. The first-order chi connectivity index (χ1) is 17.6. The van der Waals surface area contributed by atoms with E-state index in [4.69, 9.17) is 14.5 Å². The number of ether oxygens (including phenoxy) is 1. The molecule has 0 aliphatic carbocycles. The van der Waals surface area contributed by atoms with Gasteiger partial charge in [0, 0.05) is 16.8 Å². The molecule has 0 spiro atoms. The predicted octanol–water partition coefficient (Wildman–Crippen LogP) is 7.57. The largest absolute Gasteiger partial charge is 0.494 e. The van der Waals surface area contributed by atoms with E-state index in [0.29, 0.717) is 12.2 Å². The Morgan fingerprint density at radius 2 is 1.49 bits per heavy atom. The molecule has 3 rings (SSSR count). The molecule has 0 aromatic heterocycles. The van der Waals surface area contributed by atoms with Crippen LogP contribution >= 0.6 is 7.60 Å². The minimum absolute atomic E-state index is 0.00347. The van der Waals surface area contributed by atoms with Crippen molar-refractivity contribution in [3.05, 3.63) is 83.9 Å². The molecular formula is C28H32F2NO5P. The molecule has 1 amide bonds. The molecule has 3 aromatic rings. The third-order valence-corrected chi connectivity index (χ3v) is 6.92. The third kappa shape index (κ3) is 7.96. The van der Waals surface area contributed by atoms with Crippen molar-refractivity contribution in [1.29, 1.82) is 0 Å². The Bertz CT molecular complexity index is 1210. The summed E-state index contributed by atoms with van der Waals surface area (Å²) in [5.41, 5.74) is -3.10. The van der Waals surface area contributed by atoms with Crippen molar-refractivity contribution in [3.8, 4) is 16.9 Å². The van der Waals surface area contributed by atoms with E-state index in [1.165, 1.54) is 44.2 Å². The summed E-state index contributed by atoms with van der Waals surface area (Å²) >= 11 is 0. The second-order valence-electron chi connectivity index (χ2n) is 8.84. The average molecular weight is 532 g/mol. The fourth-order valence-corrected chi connectivity index (χ4v) is 4.26. The molecular weight excluding hydrogens is 499 g/mol. The summed E-state index contributed by atoms with van der Waals surface area (Å²) in [6.45, 7) is 2.89. The molecule has 198 valence electrons. The van der Waals surface area contributed by atoms with Gasteiger partial charge in [-0.25, -0.2) is 0 Å². The summed E-state index contributed by atoms with van der Waals surface area (Å²) in [6, 6.07) is 18.8. The van der Waals surface area contributed by atoms with E-state index < -0.39 is 24.7 Å². The minimum Gasteiger partial charge on any atom is -0.494 e. The van der Waals surface area contributed by atoms with Crippen LogP contribution in [0.3, 0.4) is 0 Å². The second-order valence-corrected chi connectivity index (χ2v) is 10.5. The van der Waals surface area contributed by atoms with Crippen molar-refractivity contribution in [2.75, 3.05) is 11.9 Å². The van der Waals surface area contributed by atoms with Crippen LogP contribution in [0.4, 0.5) is 14.5 Å². The summed E-state index contributed by atoms with van der Waals surface area (Å²) in [7, 11) is -5.71. The van der Waals surface area contributed by atoms with Crippen LogP contribution in [-0.4, -0.2) is 22.3 Å². The highest BCUT2D eigenvalue weighted by Gasteiger charge is 2.50. The molecule has 37 heavy (non-hydrogen) atoms. The Labute approximate surface area is 215 Å². The lowest BCUT2D eigenvalue weighted by molar-refractivity contribution is 0.0565. The molecule has 0 heterocycles. The van der Waals surface area contributed by atoms with Gasteiger partial charge in [-0.1, -0.05) is 75.4 Å². The normalized spacial score (nSPS) is 11.8. The Kier molecular flexibility index (Phi) is 9.98. The quantitative estimate of drug-likeness (QED) is 0.156. The van der Waals surface area contributed by atoms with Crippen LogP contribution in [0.25, 0.3) is 11.1 Å². The van der Waals surface area contributed by atoms with E-state index in [0.717, 1.165) is 35.4 Å². The van der Waals surface area contributed by atoms with Gasteiger partial charge in [-0.3, -0.25) is 9.36 Å². The first-order valence-corrected chi connectivity index (χ1v) is 13.9. The van der Waals surface area contributed by atoms with Gasteiger partial charge in [-0.15, -0.1) is 0 Å². The lowest BCUT2D eigenvalue weighted by atomic mass is 10.0. The molecule has 0 aliphatic heterocycles. The molecule has 0 bridgehead atoms. The van der Waals surface area contributed by atoms with Crippen LogP contribution in [-0.2, 0) is 10.2 Å². The SMILES string of the molecule is CCCCCCCCOc1ccc(-c2ccc(C(=O)Nc3cccc(C(F)(F)P(=O)(O)O)c3)cc2)cc1. The first kappa shape index (κ1) is 28.5. The molecule has 0 aliphatic rings. The predicted molar refractivity (Wildman–Crippen MR) is 141 cm³/mol. The van der Waals surface area contributed by atoms with Crippen LogP contribution in [0.2, 0.25) is 0 Å². The molecule has 3 aromatic carbocycles. The summed E-state index contributed by atoms with van der Waals surface area (Å²) in [5, 5.41) is 2.49. The fourth-order valence-electron chi connectivity index (χ4n) is 3.79. The van der Waals surface area contributed by atoms with Crippen LogP contribution < -0.4 is 10.1 Å². The van der Waals surface area contributed by atoms with E-state index in [1.54, 1.807) is 24.3 Å². The molecule has 0 radical (unpaired) electrons. The zero-order valence-electron chi connectivity index (χ0n) is 20.7. The van der Waals surface area contributed by atoms with Gasteiger partial charge in [0.25, 0.3) is 5.91 Å². The number of benzene rings is 3. The number of unbranched alkanes of at least 4 members (excludes halogenated alkanes) is 5. The number of halogens is 2. The summed E-state index contributed by atoms with van der Waals surface area (Å²) in [4.78, 5) is 30.5. The topological polar surface area (TPSA) is 95.9 Å². The number of anilines is 1. The van der Waals surface area contributed by atoms with Crippen LogP contribution in [0.5, 0.6) is 5.75 Å². The van der Waals surface area contributed by atoms with Gasteiger partial charge in [-0.2, -0.15) is 8.78 Å². The van der Waals surface area contributed by atoms with Crippen molar-refractivity contribution in [1.82, 2.24) is 0 Å². The zero-order chi connectivity index (χ0) is 26.9. The molecule has 0 fully saturated rings. The van der Waals surface area contributed by atoms with Crippen LogP contribution in [0.15, 0.2) is 72.8 Å². The molecule has 0 atom stereocenters. The number of amides is 1. The van der Waals surface area contributed by atoms with Crippen molar-refractivity contribution >= 4 is 19.2 Å². The number of rotatable bonds is 13. The van der Waals surface area contributed by atoms with Crippen molar-refractivity contribution in [2.24, 2.45) is 0 Å². The Morgan fingerprint density at radius 3 is 2.11 bits per heavy atom. The molecule has 3 N–H and O–H groups in total. The van der Waals surface area contributed by atoms with E-state index in [-0.39, 0.29) is 5.69 Å². The third-order valence-electron chi connectivity index (χ3n) is 5.93. The lowest BCUT2D eigenvalue weighted by Crippen LogP contribution is -2.15. The molecule has 6 nitrogen and oxygen atoms in total. The van der Waals surface area contributed by atoms with Crippen LogP contribution in [0, 0.1) is 0 Å². The molecule has 0 saturated carbocycles. The summed E-state index contributed by atoms with van der Waals surface area (Å²) in [5.74, 6) is 0.265. The Hall–Kier alpha value is -3.06. The van der Waals surface area contributed by atoms with Gasteiger partial charge >= 0.3 is 13.3 Å². The van der Waals surface area contributed by atoms with E-state index in [2.05, 4.69) is 12.2 Å². The Balaban J connectivity index is 1.56. The highest BCUT2D eigenvalue weighted by atomic mass is 31.2. The van der Waals surface area contributed by atoms with Gasteiger partial charge in [0.15, 0.2) is 0 Å². The Morgan fingerprint density at radius 1 is 0.892 bits per heavy atom. The van der Waals surface area contributed by atoms with E-state index in [1.807, 2.05) is 24.3 Å². The van der Waals surface area contributed by atoms with Crippen molar-refractivity contribution < 1.29 is 32.7 Å². The zero-order valence-corrected chi connectivity index (χ0v) is 21.6.